The monoisotopic (exact) mass is 321 g/mol. The first-order valence-corrected chi connectivity index (χ1v) is 7.29. The summed E-state index contributed by atoms with van der Waals surface area (Å²) in [5.41, 5.74) is -0.0971. The van der Waals surface area contributed by atoms with Crippen LogP contribution >= 0.6 is 0 Å². The third-order valence-corrected chi connectivity index (χ3v) is 3.58. The van der Waals surface area contributed by atoms with Crippen molar-refractivity contribution in [1.82, 2.24) is 25.2 Å². The number of benzene rings is 1. The molecular formula is C14H16FN5O3. The fourth-order valence-corrected chi connectivity index (χ4v) is 2.34. The minimum atomic E-state index is -0.505. The fraction of sp³-hybridized carbons (Fsp3) is 0.429. The summed E-state index contributed by atoms with van der Waals surface area (Å²) in [6.07, 6.45) is 0. The van der Waals surface area contributed by atoms with Crippen molar-refractivity contribution in [1.29, 1.82) is 0 Å². The van der Waals surface area contributed by atoms with Crippen molar-refractivity contribution in [3.8, 4) is 0 Å². The number of fused-ring (bicyclic) bond motifs is 1. The summed E-state index contributed by atoms with van der Waals surface area (Å²) in [5.74, 6) is -0.505. The molecule has 1 aliphatic rings. The van der Waals surface area contributed by atoms with Crippen LogP contribution in [0.1, 0.15) is 0 Å². The van der Waals surface area contributed by atoms with Gasteiger partial charge in [-0.3, -0.25) is 4.79 Å². The molecule has 0 aliphatic carbocycles. The third kappa shape index (κ3) is 3.45. The Balaban J connectivity index is 1.64. The molecule has 0 unspecified atom stereocenters. The normalized spacial score (nSPS) is 14.9. The third-order valence-electron chi connectivity index (χ3n) is 3.58. The van der Waals surface area contributed by atoms with Crippen LogP contribution in [0.5, 0.6) is 0 Å². The highest BCUT2D eigenvalue weighted by atomic mass is 19.1. The summed E-state index contributed by atoms with van der Waals surface area (Å²) in [4.78, 5) is 25.8. The lowest BCUT2D eigenvalue weighted by atomic mass is 10.2. The predicted molar refractivity (Wildman–Crippen MR) is 79.5 cm³/mol. The first-order valence-electron chi connectivity index (χ1n) is 7.29. The molecule has 122 valence electrons. The quantitative estimate of drug-likeness (QED) is 0.858. The average molecular weight is 321 g/mol. The standard InChI is InChI=1S/C14H16FN5O3/c15-10-1-2-12-11(9-10)13(21)20(18-17-12)4-3-16-14(22)19-5-7-23-8-6-19/h1-2,9H,3-8H2,(H,16,22). The highest BCUT2D eigenvalue weighted by Crippen LogP contribution is 2.07. The maximum atomic E-state index is 13.2. The summed E-state index contributed by atoms with van der Waals surface area (Å²) in [6.45, 7) is 2.52. The summed E-state index contributed by atoms with van der Waals surface area (Å²) >= 11 is 0. The molecule has 1 aromatic carbocycles. The van der Waals surface area contributed by atoms with Gasteiger partial charge in [0, 0.05) is 19.6 Å². The highest BCUT2D eigenvalue weighted by molar-refractivity contribution is 5.76. The molecule has 1 fully saturated rings. The van der Waals surface area contributed by atoms with Gasteiger partial charge in [-0.1, -0.05) is 5.21 Å². The van der Waals surface area contributed by atoms with Crippen molar-refractivity contribution in [3.05, 3.63) is 34.4 Å². The molecule has 1 aromatic heterocycles. The molecule has 3 rings (SSSR count). The molecule has 1 N–H and O–H groups in total. The lowest BCUT2D eigenvalue weighted by Crippen LogP contribution is -2.47. The number of rotatable bonds is 3. The molecule has 23 heavy (non-hydrogen) atoms. The second-order valence-corrected chi connectivity index (χ2v) is 5.11. The van der Waals surface area contributed by atoms with E-state index >= 15 is 0 Å². The second kappa shape index (κ2) is 6.69. The van der Waals surface area contributed by atoms with Crippen LogP contribution in [0.25, 0.3) is 10.9 Å². The number of hydrogen-bond donors (Lipinski definition) is 1. The van der Waals surface area contributed by atoms with Gasteiger partial charge in [-0.15, -0.1) is 5.10 Å². The van der Waals surface area contributed by atoms with E-state index in [9.17, 15) is 14.0 Å². The van der Waals surface area contributed by atoms with Crippen molar-refractivity contribution in [2.75, 3.05) is 32.8 Å². The highest BCUT2D eigenvalue weighted by Gasteiger charge is 2.16. The number of aromatic nitrogens is 3. The molecule has 1 saturated heterocycles. The van der Waals surface area contributed by atoms with Crippen LogP contribution in [-0.4, -0.2) is 58.8 Å². The fourth-order valence-electron chi connectivity index (χ4n) is 2.34. The molecule has 1 aliphatic heterocycles. The molecular weight excluding hydrogens is 305 g/mol. The molecule has 9 heteroatoms. The minimum Gasteiger partial charge on any atom is -0.378 e. The number of carbonyl (C=O) groups is 1. The van der Waals surface area contributed by atoms with E-state index in [1.807, 2.05) is 0 Å². The summed E-state index contributed by atoms with van der Waals surface area (Å²) in [5, 5.41) is 10.6. The Labute approximate surface area is 130 Å². The number of nitrogens with zero attached hydrogens (tertiary/aromatic N) is 4. The van der Waals surface area contributed by atoms with Gasteiger partial charge in [-0.25, -0.2) is 13.9 Å². The second-order valence-electron chi connectivity index (χ2n) is 5.11. The minimum absolute atomic E-state index is 0.161. The van der Waals surface area contributed by atoms with E-state index in [0.717, 1.165) is 10.7 Å². The largest absolute Gasteiger partial charge is 0.378 e. The first kappa shape index (κ1) is 15.3. The average Bonchev–Trinajstić information content (AvgIpc) is 2.58. The van der Waals surface area contributed by atoms with Crippen LogP contribution in [0.2, 0.25) is 0 Å². The lowest BCUT2D eigenvalue weighted by Gasteiger charge is -2.26. The molecule has 0 spiro atoms. The Morgan fingerprint density at radius 2 is 2.13 bits per heavy atom. The summed E-state index contributed by atoms with van der Waals surface area (Å²) in [6, 6.07) is 3.56. The van der Waals surface area contributed by atoms with E-state index in [0.29, 0.717) is 31.8 Å². The van der Waals surface area contributed by atoms with Gasteiger partial charge in [0.15, 0.2) is 0 Å². The molecule has 0 radical (unpaired) electrons. The van der Waals surface area contributed by atoms with Crippen molar-refractivity contribution in [2.24, 2.45) is 0 Å². The van der Waals surface area contributed by atoms with Gasteiger partial charge in [0.05, 0.1) is 25.1 Å². The molecule has 0 bridgehead atoms. The van der Waals surface area contributed by atoms with E-state index in [2.05, 4.69) is 15.6 Å². The first-order chi connectivity index (χ1) is 11.1. The zero-order valence-corrected chi connectivity index (χ0v) is 12.4. The van der Waals surface area contributed by atoms with Crippen LogP contribution in [0.4, 0.5) is 9.18 Å². The summed E-state index contributed by atoms with van der Waals surface area (Å²) in [7, 11) is 0. The number of amides is 2. The van der Waals surface area contributed by atoms with E-state index < -0.39 is 11.4 Å². The van der Waals surface area contributed by atoms with Gasteiger partial charge in [-0.2, -0.15) is 0 Å². The maximum absolute atomic E-state index is 13.2. The topological polar surface area (TPSA) is 89.3 Å². The number of ether oxygens (including phenoxy) is 1. The van der Waals surface area contributed by atoms with E-state index in [1.165, 1.54) is 12.1 Å². The number of hydrogen-bond acceptors (Lipinski definition) is 5. The van der Waals surface area contributed by atoms with Gasteiger partial charge in [0.25, 0.3) is 5.56 Å². The molecule has 2 amide bonds. The van der Waals surface area contributed by atoms with Crippen LogP contribution in [0.15, 0.2) is 23.0 Å². The van der Waals surface area contributed by atoms with Crippen LogP contribution in [0, 0.1) is 5.82 Å². The Bertz CT molecular complexity index is 773. The van der Waals surface area contributed by atoms with E-state index in [4.69, 9.17) is 4.74 Å². The van der Waals surface area contributed by atoms with Crippen molar-refractivity contribution >= 4 is 16.9 Å². The SMILES string of the molecule is O=C(NCCn1nnc2ccc(F)cc2c1=O)N1CCOCC1. The van der Waals surface area contributed by atoms with Crippen molar-refractivity contribution in [2.45, 2.75) is 6.54 Å². The number of urea groups is 1. The zero-order valence-electron chi connectivity index (χ0n) is 12.4. The van der Waals surface area contributed by atoms with E-state index in [-0.39, 0.29) is 24.5 Å². The number of nitrogens with one attached hydrogen (secondary N) is 1. The van der Waals surface area contributed by atoms with Gasteiger partial charge in [-0.05, 0) is 18.2 Å². The maximum Gasteiger partial charge on any atom is 0.317 e. The number of morpholine rings is 1. The Hall–Kier alpha value is -2.55. The van der Waals surface area contributed by atoms with Gasteiger partial charge >= 0.3 is 6.03 Å². The van der Waals surface area contributed by atoms with Gasteiger partial charge < -0.3 is 15.0 Å². The summed E-state index contributed by atoms with van der Waals surface area (Å²) < 4.78 is 19.5. The lowest BCUT2D eigenvalue weighted by molar-refractivity contribution is 0.0532. The van der Waals surface area contributed by atoms with Crippen molar-refractivity contribution in [3.63, 3.8) is 0 Å². The number of halogens is 1. The molecule has 0 atom stereocenters. The van der Waals surface area contributed by atoms with Gasteiger partial charge in [0.1, 0.15) is 11.3 Å². The molecule has 8 nitrogen and oxygen atoms in total. The molecule has 2 aromatic rings. The molecule has 2 heterocycles. The van der Waals surface area contributed by atoms with Gasteiger partial charge in [0.2, 0.25) is 0 Å². The predicted octanol–water partition coefficient (Wildman–Crippen LogP) is -0.0276. The Kier molecular flexibility index (Phi) is 4.47. The Morgan fingerprint density at radius 1 is 1.35 bits per heavy atom. The zero-order chi connectivity index (χ0) is 16.2. The molecule has 0 saturated carbocycles. The Morgan fingerprint density at radius 3 is 2.91 bits per heavy atom. The van der Waals surface area contributed by atoms with Crippen LogP contribution in [-0.2, 0) is 11.3 Å². The van der Waals surface area contributed by atoms with E-state index in [1.54, 1.807) is 4.90 Å². The van der Waals surface area contributed by atoms with Crippen LogP contribution in [0.3, 0.4) is 0 Å². The number of carbonyl (C=O) groups excluding carboxylic acids is 1. The van der Waals surface area contributed by atoms with Crippen LogP contribution < -0.4 is 10.9 Å². The smallest absolute Gasteiger partial charge is 0.317 e. The van der Waals surface area contributed by atoms with Crippen molar-refractivity contribution < 1.29 is 13.9 Å².